The molecular weight excluding hydrogens is 256 g/mol. The highest BCUT2D eigenvalue weighted by Gasteiger charge is 2.31. The van der Waals surface area contributed by atoms with Gasteiger partial charge in [0.2, 0.25) is 0 Å². The molecule has 2 aliphatic rings. The minimum Gasteiger partial charge on any atom is -0.328 e. The van der Waals surface area contributed by atoms with Crippen molar-refractivity contribution in [3.8, 4) is 0 Å². The van der Waals surface area contributed by atoms with E-state index in [0.29, 0.717) is 18.0 Å². The zero-order chi connectivity index (χ0) is 13.4. The smallest absolute Gasteiger partial charge is 0.0408 e. The van der Waals surface area contributed by atoms with Crippen molar-refractivity contribution in [1.82, 2.24) is 4.90 Å². The van der Waals surface area contributed by atoms with E-state index in [1.807, 2.05) is 6.07 Å². The van der Waals surface area contributed by atoms with Crippen LogP contribution in [0.2, 0.25) is 5.02 Å². The number of aryl methyl sites for hydroxylation is 1. The number of nitrogens with two attached hydrogens (primary N) is 1. The Morgan fingerprint density at radius 3 is 2.68 bits per heavy atom. The molecule has 2 N–H and O–H groups in total. The Bertz CT molecular complexity index is 450. The van der Waals surface area contributed by atoms with Gasteiger partial charge < -0.3 is 5.73 Å². The number of fused-ring (bicyclic) bond motifs is 1. The SMILES string of the molecule is CC(N)C1CCN(C2CCc3cc(Cl)ccc32)CC1. The van der Waals surface area contributed by atoms with Crippen LogP contribution in [0.25, 0.3) is 0 Å². The van der Waals surface area contributed by atoms with Crippen LogP contribution in [-0.2, 0) is 6.42 Å². The molecule has 2 nitrogen and oxygen atoms in total. The molecule has 0 aromatic heterocycles. The number of rotatable bonds is 2. The van der Waals surface area contributed by atoms with Crippen molar-refractivity contribution in [2.75, 3.05) is 13.1 Å². The van der Waals surface area contributed by atoms with Crippen LogP contribution in [0.4, 0.5) is 0 Å². The monoisotopic (exact) mass is 278 g/mol. The molecular formula is C16H23ClN2. The fourth-order valence-electron chi connectivity index (χ4n) is 3.70. The highest BCUT2D eigenvalue weighted by molar-refractivity contribution is 6.30. The lowest BCUT2D eigenvalue weighted by Crippen LogP contribution is -2.40. The Morgan fingerprint density at radius 2 is 2.00 bits per heavy atom. The summed E-state index contributed by atoms with van der Waals surface area (Å²) in [5, 5.41) is 0.870. The second kappa shape index (κ2) is 5.43. The van der Waals surface area contributed by atoms with Crippen molar-refractivity contribution in [2.24, 2.45) is 11.7 Å². The molecule has 1 aliphatic carbocycles. The number of piperidine rings is 1. The summed E-state index contributed by atoms with van der Waals surface area (Å²) in [5.41, 5.74) is 8.98. The lowest BCUT2D eigenvalue weighted by molar-refractivity contribution is 0.124. The normalized spacial score (nSPS) is 26.4. The summed E-state index contributed by atoms with van der Waals surface area (Å²) in [4.78, 5) is 2.65. The molecule has 1 fully saturated rings. The van der Waals surface area contributed by atoms with Crippen LogP contribution >= 0.6 is 11.6 Å². The highest BCUT2D eigenvalue weighted by atomic mass is 35.5. The predicted molar refractivity (Wildman–Crippen MR) is 80.5 cm³/mol. The van der Waals surface area contributed by atoms with Gasteiger partial charge in [-0.2, -0.15) is 0 Å². The molecule has 1 aromatic rings. The Hall–Kier alpha value is -0.570. The first-order valence-corrected chi connectivity index (χ1v) is 7.81. The first-order chi connectivity index (χ1) is 9.15. The second-order valence-electron chi connectivity index (χ2n) is 6.13. The molecule has 2 atom stereocenters. The molecule has 3 heteroatoms. The van der Waals surface area contributed by atoms with Gasteiger partial charge >= 0.3 is 0 Å². The van der Waals surface area contributed by atoms with Gasteiger partial charge in [-0.1, -0.05) is 17.7 Å². The first kappa shape index (κ1) is 13.4. The van der Waals surface area contributed by atoms with Crippen LogP contribution in [0.3, 0.4) is 0 Å². The van der Waals surface area contributed by atoms with Crippen molar-refractivity contribution in [2.45, 2.75) is 44.7 Å². The van der Waals surface area contributed by atoms with Gasteiger partial charge in [-0.05, 0) is 74.9 Å². The summed E-state index contributed by atoms with van der Waals surface area (Å²) in [6.45, 7) is 4.53. The third kappa shape index (κ3) is 2.67. The Kier molecular flexibility index (Phi) is 3.84. The largest absolute Gasteiger partial charge is 0.328 e. The molecule has 104 valence electrons. The van der Waals surface area contributed by atoms with Crippen LogP contribution in [0.1, 0.15) is 43.4 Å². The maximum absolute atomic E-state index is 6.08. The fraction of sp³-hybridized carbons (Fsp3) is 0.625. The molecule has 0 radical (unpaired) electrons. The Balaban J connectivity index is 1.70. The van der Waals surface area contributed by atoms with Crippen molar-refractivity contribution >= 4 is 11.6 Å². The fourth-order valence-corrected chi connectivity index (χ4v) is 3.89. The number of likely N-dealkylation sites (tertiary alicyclic amines) is 1. The zero-order valence-electron chi connectivity index (χ0n) is 11.6. The van der Waals surface area contributed by atoms with Crippen LogP contribution in [-0.4, -0.2) is 24.0 Å². The van der Waals surface area contributed by atoms with E-state index in [2.05, 4.69) is 24.0 Å². The average molecular weight is 279 g/mol. The molecule has 1 heterocycles. The molecule has 19 heavy (non-hydrogen) atoms. The summed E-state index contributed by atoms with van der Waals surface area (Å²) in [5.74, 6) is 0.711. The number of benzene rings is 1. The third-order valence-electron chi connectivity index (χ3n) is 4.91. The van der Waals surface area contributed by atoms with Gasteiger partial charge in [-0.25, -0.2) is 0 Å². The number of hydrogen-bond donors (Lipinski definition) is 1. The maximum atomic E-state index is 6.08. The van der Waals surface area contributed by atoms with Crippen LogP contribution in [0.15, 0.2) is 18.2 Å². The van der Waals surface area contributed by atoms with Crippen molar-refractivity contribution < 1.29 is 0 Å². The molecule has 3 rings (SSSR count). The highest BCUT2D eigenvalue weighted by Crippen LogP contribution is 2.38. The quantitative estimate of drug-likeness (QED) is 0.899. The standard InChI is InChI=1S/C16H23ClN2/c1-11(18)12-6-8-19(9-7-12)16-5-2-13-10-14(17)3-4-15(13)16/h3-4,10-12,16H,2,5-9,18H2,1H3. The van der Waals surface area contributed by atoms with Gasteiger partial charge in [0.25, 0.3) is 0 Å². The molecule has 1 aromatic carbocycles. The van der Waals surface area contributed by atoms with Gasteiger partial charge in [0.1, 0.15) is 0 Å². The summed E-state index contributed by atoms with van der Waals surface area (Å²) in [6.07, 6.45) is 4.92. The molecule has 1 saturated heterocycles. The topological polar surface area (TPSA) is 29.3 Å². The van der Waals surface area contributed by atoms with Crippen molar-refractivity contribution in [1.29, 1.82) is 0 Å². The van der Waals surface area contributed by atoms with E-state index in [-0.39, 0.29) is 0 Å². The number of halogens is 1. The summed E-state index contributed by atoms with van der Waals surface area (Å²) in [6, 6.07) is 7.37. The lowest BCUT2D eigenvalue weighted by atomic mass is 9.89. The van der Waals surface area contributed by atoms with E-state index in [4.69, 9.17) is 17.3 Å². The summed E-state index contributed by atoms with van der Waals surface area (Å²) in [7, 11) is 0. The van der Waals surface area contributed by atoms with Gasteiger partial charge in [-0.3, -0.25) is 4.90 Å². The Labute approximate surface area is 120 Å². The molecule has 0 bridgehead atoms. The molecule has 0 spiro atoms. The minimum atomic E-state index is 0.344. The van der Waals surface area contributed by atoms with E-state index >= 15 is 0 Å². The molecule has 0 saturated carbocycles. The van der Waals surface area contributed by atoms with Crippen molar-refractivity contribution in [3.63, 3.8) is 0 Å². The van der Waals surface area contributed by atoms with Crippen molar-refractivity contribution in [3.05, 3.63) is 34.3 Å². The van der Waals surface area contributed by atoms with Gasteiger partial charge in [0.15, 0.2) is 0 Å². The summed E-state index contributed by atoms with van der Waals surface area (Å²) >= 11 is 6.08. The van der Waals surface area contributed by atoms with Gasteiger partial charge in [0, 0.05) is 17.1 Å². The minimum absolute atomic E-state index is 0.344. The number of hydrogen-bond acceptors (Lipinski definition) is 2. The van der Waals surface area contributed by atoms with E-state index in [0.717, 1.165) is 5.02 Å². The average Bonchev–Trinajstić information content (AvgIpc) is 2.81. The first-order valence-electron chi connectivity index (χ1n) is 7.43. The van der Waals surface area contributed by atoms with E-state index in [9.17, 15) is 0 Å². The van der Waals surface area contributed by atoms with Crippen LogP contribution < -0.4 is 5.73 Å². The second-order valence-corrected chi connectivity index (χ2v) is 6.57. The van der Waals surface area contributed by atoms with E-state index in [1.165, 1.54) is 49.9 Å². The molecule has 2 unspecified atom stereocenters. The van der Waals surface area contributed by atoms with Gasteiger partial charge in [-0.15, -0.1) is 0 Å². The zero-order valence-corrected chi connectivity index (χ0v) is 12.4. The maximum Gasteiger partial charge on any atom is 0.0408 e. The third-order valence-corrected chi connectivity index (χ3v) is 5.14. The van der Waals surface area contributed by atoms with Gasteiger partial charge in [0.05, 0.1) is 0 Å². The van der Waals surface area contributed by atoms with Crippen LogP contribution in [0, 0.1) is 5.92 Å². The molecule has 0 amide bonds. The summed E-state index contributed by atoms with van der Waals surface area (Å²) < 4.78 is 0. The number of nitrogens with zero attached hydrogens (tertiary/aromatic N) is 1. The lowest BCUT2D eigenvalue weighted by Gasteiger charge is -2.37. The predicted octanol–water partition coefficient (Wildman–Crippen LogP) is 3.39. The van der Waals surface area contributed by atoms with E-state index < -0.39 is 0 Å². The van der Waals surface area contributed by atoms with Crippen LogP contribution in [0.5, 0.6) is 0 Å². The molecule has 1 aliphatic heterocycles. The van der Waals surface area contributed by atoms with E-state index in [1.54, 1.807) is 0 Å². The Morgan fingerprint density at radius 1 is 1.26 bits per heavy atom.